The van der Waals surface area contributed by atoms with Crippen LogP contribution in [0, 0.1) is 0 Å². The summed E-state index contributed by atoms with van der Waals surface area (Å²) in [5.74, 6) is 0.0232. The van der Waals surface area contributed by atoms with Gasteiger partial charge in [0.2, 0.25) is 0 Å². The van der Waals surface area contributed by atoms with Gasteiger partial charge >= 0.3 is 0 Å². The molecule has 0 spiro atoms. The number of amides is 2. The number of halogens is 2. The van der Waals surface area contributed by atoms with Crippen LogP contribution in [0.4, 0.5) is 5.69 Å². The minimum Gasteiger partial charge on any atom is -0.484 e. The molecule has 0 aliphatic rings. The molecule has 2 aromatic rings. The van der Waals surface area contributed by atoms with Crippen molar-refractivity contribution in [3.63, 3.8) is 0 Å². The van der Waals surface area contributed by atoms with E-state index < -0.39 is 0 Å². The highest BCUT2D eigenvalue weighted by Gasteiger charge is 2.09. The van der Waals surface area contributed by atoms with Crippen LogP contribution in [0.25, 0.3) is 0 Å². The Morgan fingerprint density at radius 1 is 1.04 bits per heavy atom. The molecule has 0 unspecified atom stereocenters. The first kappa shape index (κ1) is 18.1. The maximum atomic E-state index is 11.9. The summed E-state index contributed by atoms with van der Waals surface area (Å²) in [7, 11) is 3.36. The molecule has 0 bridgehead atoms. The lowest BCUT2D eigenvalue weighted by molar-refractivity contribution is -0.118. The molecule has 24 heavy (non-hydrogen) atoms. The summed E-state index contributed by atoms with van der Waals surface area (Å²) >= 11 is 11.7. The molecule has 1 N–H and O–H groups in total. The maximum Gasteiger partial charge on any atom is 0.262 e. The van der Waals surface area contributed by atoms with E-state index in [0.717, 1.165) is 0 Å². The topological polar surface area (TPSA) is 58.6 Å². The second-order valence-electron chi connectivity index (χ2n) is 5.19. The largest absolute Gasteiger partial charge is 0.484 e. The normalized spacial score (nSPS) is 10.2. The number of nitrogens with zero attached hydrogens (tertiary/aromatic N) is 1. The molecule has 0 fully saturated rings. The molecule has 0 saturated heterocycles. The molecule has 5 nitrogen and oxygen atoms in total. The number of ether oxygens (including phenoxy) is 1. The highest BCUT2D eigenvalue weighted by molar-refractivity contribution is 6.42. The van der Waals surface area contributed by atoms with E-state index in [1.54, 1.807) is 56.6 Å². The molecular formula is C17H16Cl2N2O3. The molecule has 0 heterocycles. The number of hydrogen-bond donors (Lipinski definition) is 1. The quantitative estimate of drug-likeness (QED) is 0.877. The van der Waals surface area contributed by atoms with Crippen molar-refractivity contribution >= 4 is 40.7 Å². The third kappa shape index (κ3) is 4.88. The molecule has 0 radical (unpaired) electrons. The molecule has 0 aliphatic carbocycles. The molecule has 126 valence electrons. The fourth-order valence-corrected chi connectivity index (χ4v) is 2.16. The first-order valence-electron chi connectivity index (χ1n) is 7.06. The summed E-state index contributed by atoms with van der Waals surface area (Å²) in [5, 5.41) is 3.46. The van der Waals surface area contributed by atoms with E-state index in [9.17, 15) is 9.59 Å². The van der Waals surface area contributed by atoms with Gasteiger partial charge in [-0.25, -0.2) is 0 Å². The van der Waals surface area contributed by atoms with Gasteiger partial charge in [0.25, 0.3) is 11.8 Å². The molecule has 0 aliphatic heterocycles. The summed E-state index contributed by atoms with van der Waals surface area (Å²) in [6.07, 6.45) is 0. The van der Waals surface area contributed by atoms with Crippen LogP contribution in [0.1, 0.15) is 10.4 Å². The monoisotopic (exact) mass is 366 g/mol. The molecule has 7 heteroatoms. The van der Waals surface area contributed by atoms with E-state index in [0.29, 0.717) is 27.0 Å². The zero-order valence-electron chi connectivity index (χ0n) is 13.2. The highest BCUT2D eigenvalue weighted by atomic mass is 35.5. The van der Waals surface area contributed by atoms with E-state index >= 15 is 0 Å². The zero-order chi connectivity index (χ0) is 17.7. The van der Waals surface area contributed by atoms with Crippen LogP contribution in [-0.2, 0) is 4.79 Å². The predicted octanol–water partition coefficient (Wildman–Crippen LogP) is 3.71. The Morgan fingerprint density at radius 2 is 1.71 bits per heavy atom. The van der Waals surface area contributed by atoms with Gasteiger partial charge in [-0.3, -0.25) is 9.59 Å². The molecule has 2 aromatic carbocycles. The lowest BCUT2D eigenvalue weighted by Gasteiger charge is -2.11. The SMILES string of the molecule is CN(C)C(=O)c1ccc(NC(=O)COc2ccc(Cl)c(Cl)c2)cc1. The van der Waals surface area contributed by atoms with Crippen molar-refractivity contribution in [2.24, 2.45) is 0 Å². The van der Waals surface area contributed by atoms with Crippen LogP contribution in [-0.4, -0.2) is 37.4 Å². The van der Waals surface area contributed by atoms with Crippen molar-refractivity contribution in [3.05, 3.63) is 58.1 Å². The van der Waals surface area contributed by atoms with Gasteiger partial charge in [0, 0.05) is 31.4 Å². The predicted molar refractivity (Wildman–Crippen MR) is 95.0 cm³/mol. The Morgan fingerprint density at radius 3 is 2.29 bits per heavy atom. The fraction of sp³-hybridized carbons (Fsp3) is 0.176. The van der Waals surface area contributed by atoms with Crippen LogP contribution < -0.4 is 10.1 Å². The minimum absolute atomic E-state index is 0.101. The maximum absolute atomic E-state index is 11.9. The van der Waals surface area contributed by atoms with E-state index in [4.69, 9.17) is 27.9 Å². The van der Waals surface area contributed by atoms with Crippen LogP contribution in [0.2, 0.25) is 10.0 Å². The number of carbonyl (C=O) groups is 2. The van der Waals surface area contributed by atoms with Crippen molar-refractivity contribution < 1.29 is 14.3 Å². The number of rotatable bonds is 5. The third-order valence-corrected chi connectivity index (χ3v) is 3.82. The van der Waals surface area contributed by atoms with Gasteiger partial charge in [-0.1, -0.05) is 23.2 Å². The average molecular weight is 367 g/mol. The first-order valence-corrected chi connectivity index (χ1v) is 7.82. The van der Waals surface area contributed by atoms with E-state index in [1.807, 2.05) is 0 Å². The highest BCUT2D eigenvalue weighted by Crippen LogP contribution is 2.26. The van der Waals surface area contributed by atoms with Crippen molar-refractivity contribution in [1.82, 2.24) is 4.90 Å². The number of anilines is 1. The Bertz CT molecular complexity index is 746. The zero-order valence-corrected chi connectivity index (χ0v) is 14.7. The first-order chi connectivity index (χ1) is 11.4. The Hall–Kier alpha value is -2.24. The molecule has 0 aromatic heterocycles. The van der Waals surface area contributed by atoms with Crippen molar-refractivity contribution in [1.29, 1.82) is 0 Å². The molecule has 2 rings (SSSR count). The number of carbonyl (C=O) groups excluding carboxylic acids is 2. The number of nitrogens with one attached hydrogen (secondary N) is 1. The van der Waals surface area contributed by atoms with E-state index in [1.165, 1.54) is 4.90 Å². The summed E-state index contributed by atoms with van der Waals surface area (Å²) in [6.45, 7) is -0.170. The van der Waals surface area contributed by atoms with Crippen molar-refractivity contribution in [2.75, 3.05) is 26.0 Å². The summed E-state index contributed by atoms with van der Waals surface area (Å²) in [4.78, 5) is 25.2. The van der Waals surface area contributed by atoms with Crippen LogP contribution >= 0.6 is 23.2 Å². The Balaban J connectivity index is 1.90. The van der Waals surface area contributed by atoms with Gasteiger partial charge < -0.3 is 15.0 Å². The van der Waals surface area contributed by atoms with Crippen molar-refractivity contribution in [3.8, 4) is 5.75 Å². The van der Waals surface area contributed by atoms with Crippen molar-refractivity contribution in [2.45, 2.75) is 0 Å². The smallest absolute Gasteiger partial charge is 0.262 e. The molecule has 0 saturated carbocycles. The average Bonchev–Trinajstić information content (AvgIpc) is 2.56. The lowest BCUT2D eigenvalue weighted by Crippen LogP contribution is -2.22. The standard InChI is InChI=1S/C17H16Cl2N2O3/c1-21(2)17(23)11-3-5-12(6-4-11)20-16(22)10-24-13-7-8-14(18)15(19)9-13/h3-9H,10H2,1-2H3,(H,20,22). The second-order valence-corrected chi connectivity index (χ2v) is 6.00. The summed E-state index contributed by atoms with van der Waals surface area (Å²) < 4.78 is 5.35. The van der Waals surface area contributed by atoms with Crippen LogP contribution in [0.5, 0.6) is 5.75 Å². The lowest BCUT2D eigenvalue weighted by atomic mass is 10.2. The minimum atomic E-state index is -0.326. The van der Waals surface area contributed by atoms with Gasteiger partial charge in [-0.05, 0) is 36.4 Å². The van der Waals surface area contributed by atoms with Gasteiger partial charge in [-0.2, -0.15) is 0 Å². The van der Waals surface area contributed by atoms with E-state index in [2.05, 4.69) is 5.32 Å². The molecular weight excluding hydrogens is 351 g/mol. The Labute approximate surface area is 150 Å². The van der Waals surface area contributed by atoms with Gasteiger partial charge in [0.05, 0.1) is 10.0 Å². The molecule has 2 amide bonds. The van der Waals surface area contributed by atoms with E-state index in [-0.39, 0.29) is 18.4 Å². The van der Waals surface area contributed by atoms with Gasteiger partial charge in [0.15, 0.2) is 6.61 Å². The third-order valence-electron chi connectivity index (χ3n) is 3.08. The van der Waals surface area contributed by atoms with Gasteiger partial charge in [0.1, 0.15) is 5.75 Å². The van der Waals surface area contributed by atoms with Crippen LogP contribution in [0.3, 0.4) is 0 Å². The fourth-order valence-electron chi connectivity index (χ4n) is 1.87. The summed E-state index contributed by atoms with van der Waals surface area (Å²) in [6, 6.07) is 11.4. The number of benzene rings is 2. The molecule has 0 atom stereocenters. The van der Waals surface area contributed by atoms with Gasteiger partial charge in [-0.15, -0.1) is 0 Å². The summed E-state index contributed by atoms with van der Waals surface area (Å²) in [5.41, 5.74) is 1.12. The second kappa shape index (κ2) is 8.04. The Kier molecular flexibility index (Phi) is 6.06. The number of hydrogen-bond acceptors (Lipinski definition) is 3. The van der Waals surface area contributed by atoms with Crippen LogP contribution in [0.15, 0.2) is 42.5 Å².